The van der Waals surface area contributed by atoms with E-state index < -0.39 is 0 Å². The third-order valence-electron chi connectivity index (χ3n) is 0.187. The first-order valence-corrected chi connectivity index (χ1v) is 3.60. The SMILES string of the molecule is CC(C)C.CC(S)C#N. The zero-order valence-corrected chi connectivity index (χ0v) is 7.44. The molecule has 0 aromatic rings. The molecular weight excluding hydrogens is 130 g/mol. The van der Waals surface area contributed by atoms with E-state index in [4.69, 9.17) is 5.26 Å². The van der Waals surface area contributed by atoms with Crippen LogP contribution in [0.2, 0.25) is 0 Å². The van der Waals surface area contributed by atoms with Gasteiger partial charge < -0.3 is 0 Å². The van der Waals surface area contributed by atoms with Gasteiger partial charge in [-0.05, 0) is 12.8 Å². The zero-order chi connectivity index (χ0) is 7.86. The number of nitrogens with zero attached hydrogens (tertiary/aromatic N) is 1. The van der Waals surface area contributed by atoms with Crippen molar-refractivity contribution in [2.24, 2.45) is 5.92 Å². The fraction of sp³-hybridized carbons (Fsp3) is 0.857. The van der Waals surface area contributed by atoms with Gasteiger partial charge in [0.2, 0.25) is 0 Å². The molecule has 0 bridgehead atoms. The summed E-state index contributed by atoms with van der Waals surface area (Å²) in [5, 5.41) is 7.70. The third-order valence-corrected chi connectivity index (χ3v) is 0.302. The van der Waals surface area contributed by atoms with Crippen LogP contribution in [-0.2, 0) is 0 Å². The van der Waals surface area contributed by atoms with Crippen LogP contribution < -0.4 is 0 Å². The van der Waals surface area contributed by atoms with Gasteiger partial charge >= 0.3 is 0 Å². The Kier molecular flexibility index (Phi) is 10.1. The topological polar surface area (TPSA) is 23.8 Å². The molecule has 0 heterocycles. The summed E-state index contributed by atoms with van der Waals surface area (Å²) in [6, 6.07) is 1.89. The minimum Gasteiger partial charge on any atom is -0.197 e. The smallest absolute Gasteiger partial charge is 0.0858 e. The molecule has 1 unspecified atom stereocenters. The van der Waals surface area contributed by atoms with E-state index in [9.17, 15) is 0 Å². The molecule has 9 heavy (non-hydrogen) atoms. The quantitative estimate of drug-likeness (QED) is 0.520. The molecule has 0 N–H and O–H groups in total. The maximum Gasteiger partial charge on any atom is 0.0858 e. The molecule has 0 aliphatic rings. The Morgan fingerprint density at radius 3 is 1.33 bits per heavy atom. The molecule has 0 aliphatic heterocycles. The summed E-state index contributed by atoms with van der Waals surface area (Å²) in [5.74, 6) is 0.833. The van der Waals surface area contributed by atoms with Crippen LogP contribution in [0.5, 0.6) is 0 Å². The number of thiol groups is 1. The highest BCUT2D eigenvalue weighted by molar-refractivity contribution is 7.81. The van der Waals surface area contributed by atoms with Gasteiger partial charge in [-0.1, -0.05) is 20.8 Å². The second-order valence-electron chi connectivity index (χ2n) is 2.54. The lowest BCUT2D eigenvalue weighted by Gasteiger charge is -1.79. The Balaban J connectivity index is 0. The molecule has 0 saturated heterocycles. The van der Waals surface area contributed by atoms with Crippen LogP contribution in [0.1, 0.15) is 27.7 Å². The molecule has 0 radical (unpaired) electrons. The van der Waals surface area contributed by atoms with Crippen LogP contribution >= 0.6 is 12.6 Å². The van der Waals surface area contributed by atoms with Gasteiger partial charge in [-0.25, -0.2) is 0 Å². The Morgan fingerprint density at radius 2 is 1.33 bits per heavy atom. The van der Waals surface area contributed by atoms with Crippen LogP contribution in [0, 0.1) is 17.2 Å². The van der Waals surface area contributed by atoms with E-state index >= 15 is 0 Å². The van der Waals surface area contributed by atoms with Gasteiger partial charge in [-0.3, -0.25) is 0 Å². The maximum atomic E-state index is 7.82. The van der Waals surface area contributed by atoms with Crippen LogP contribution in [-0.4, -0.2) is 5.25 Å². The Morgan fingerprint density at radius 1 is 1.22 bits per heavy atom. The monoisotopic (exact) mass is 145 g/mol. The first kappa shape index (κ1) is 11.6. The Bertz CT molecular complexity index is 78.7. The third kappa shape index (κ3) is 79.0. The summed E-state index contributed by atoms with van der Waals surface area (Å²) in [6.45, 7) is 8.23. The lowest BCUT2D eigenvalue weighted by Crippen LogP contribution is -1.77. The van der Waals surface area contributed by atoms with Gasteiger partial charge in [-0.15, -0.1) is 0 Å². The molecule has 0 aromatic heterocycles. The summed E-state index contributed by atoms with van der Waals surface area (Å²) in [6.07, 6.45) is 0. The lowest BCUT2D eigenvalue weighted by atomic mass is 10.3. The molecule has 2 heteroatoms. The zero-order valence-electron chi connectivity index (χ0n) is 6.55. The fourth-order valence-electron chi connectivity index (χ4n) is 0. The van der Waals surface area contributed by atoms with E-state index in [0.717, 1.165) is 5.92 Å². The number of hydrogen-bond donors (Lipinski definition) is 1. The summed E-state index contributed by atoms with van der Waals surface area (Å²) < 4.78 is 0. The molecule has 0 rings (SSSR count). The van der Waals surface area contributed by atoms with Crippen molar-refractivity contribution < 1.29 is 0 Å². The van der Waals surface area contributed by atoms with Gasteiger partial charge in [-0.2, -0.15) is 17.9 Å². The van der Waals surface area contributed by atoms with E-state index in [1.807, 2.05) is 6.07 Å². The number of rotatable bonds is 0. The van der Waals surface area contributed by atoms with E-state index in [2.05, 4.69) is 33.4 Å². The molecule has 0 spiro atoms. The molecule has 0 amide bonds. The fourth-order valence-corrected chi connectivity index (χ4v) is 0. The first-order chi connectivity index (χ1) is 4.00. The summed E-state index contributed by atoms with van der Waals surface area (Å²) in [4.78, 5) is 0. The highest BCUT2D eigenvalue weighted by Gasteiger charge is 1.79. The van der Waals surface area contributed by atoms with E-state index in [1.54, 1.807) is 6.92 Å². The summed E-state index contributed by atoms with van der Waals surface area (Å²) in [5.41, 5.74) is 0. The Labute approximate surface area is 63.5 Å². The van der Waals surface area contributed by atoms with Gasteiger partial charge in [0, 0.05) is 0 Å². The normalized spacial score (nSPS) is 11.2. The van der Waals surface area contributed by atoms with E-state index in [-0.39, 0.29) is 5.25 Å². The molecule has 54 valence electrons. The van der Waals surface area contributed by atoms with E-state index in [1.165, 1.54) is 0 Å². The van der Waals surface area contributed by atoms with Gasteiger partial charge in [0.25, 0.3) is 0 Å². The largest absolute Gasteiger partial charge is 0.197 e. The lowest BCUT2D eigenvalue weighted by molar-refractivity contribution is 0.737. The maximum absolute atomic E-state index is 7.82. The summed E-state index contributed by atoms with van der Waals surface area (Å²) in [7, 11) is 0. The molecule has 0 fully saturated rings. The molecule has 0 aliphatic carbocycles. The van der Waals surface area contributed by atoms with Crippen molar-refractivity contribution in [3.05, 3.63) is 0 Å². The standard InChI is InChI=1S/C4H10.C3H5NS/c1-4(2)3;1-3(5)2-4/h4H,1-3H3;3,5H,1H3. The second-order valence-corrected chi connectivity index (χ2v) is 3.31. The highest BCUT2D eigenvalue weighted by atomic mass is 32.1. The minimum absolute atomic E-state index is 0.116. The van der Waals surface area contributed by atoms with Gasteiger partial charge in [0.15, 0.2) is 0 Å². The van der Waals surface area contributed by atoms with Crippen LogP contribution in [0.15, 0.2) is 0 Å². The van der Waals surface area contributed by atoms with Crippen LogP contribution in [0.4, 0.5) is 0 Å². The average molecular weight is 145 g/mol. The van der Waals surface area contributed by atoms with Crippen LogP contribution in [0.3, 0.4) is 0 Å². The summed E-state index contributed by atoms with van der Waals surface area (Å²) >= 11 is 3.74. The average Bonchev–Trinajstić information content (AvgIpc) is 1.65. The van der Waals surface area contributed by atoms with Crippen molar-refractivity contribution in [3.8, 4) is 6.07 Å². The van der Waals surface area contributed by atoms with Crippen molar-refractivity contribution in [3.63, 3.8) is 0 Å². The molecule has 1 atom stereocenters. The molecule has 0 aromatic carbocycles. The molecule has 0 saturated carbocycles. The molecular formula is C7H15NS. The highest BCUT2D eigenvalue weighted by Crippen LogP contribution is 1.84. The number of hydrogen-bond acceptors (Lipinski definition) is 2. The van der Waals surface area contributed by atoms with Crippen molar-refractivity contribution in [1.82, 2.24) is 0 Å². The molecule has 1 nitrogen and oxygen atoms in total. The van der Waals surface area contributed by atoms with E-state index in [0.29, 0.717) is 0 Å². The predicted octanol–water partition coefficient (Wildman–Crippen LogP) is 2.49. The Hall–Kier alpha value is -0.160. The van der Waals surface area contributed by atoms with Crippen molar-refractivity contribution >= 4 is 12.6 Å². The second kappa shape index (κ2) is 7.84. The van der Waals surface area contributed by atoms with Crippen LogP contribution in [0.25, 0.3) is 0 Å². The minimum atomic E-state index is -0.116. The number of nitriles is 1. The van der Waals surface area contributed by atoms with Gasteiger partial charge in [0.1, 0.15) is 0 Å². The van der Waals surface area contributed by atoms with Crippen molar-refractivity contribution in [2.75, 3.05) is 0 Å². The van der Waals surface area contributed by atoms with Crippen molar-refractivity contribution in [1.29, 1.82) is 5.26 Å². The predicted molar refractivity (Wildman–Crippen MR) is 44.6 cm³/mol. The first-order valence-electron chi connectivity index (χ1n) is 3.08. The van der Waals surface area contributed by atoms with Gasteiger partial charge in [0.05, 0.1) is 11.3 Å². The van der Waals surface area contributed by atoms with Crippen molar-refractivity contribution in [2.45, 2.75) is 32.9 Å².